The van der Waals surface area contributed by atoms with Gasteiger partial charge >= 0.3 is 0 Å². The number of morpholine rings is 1. The molecule has 0 aromatic heterocycles. The third-order valence-corrected chi connectivity index (χ3v) is 5.70. The van der Waals surface area contributed by atoms with Gasteiger partial charge in [-0.2, -0.15) is 0 Å². The molecule has 3 fully saturated rings. The van der Waals surface area contributed by atoms with Gasteiger partial charge in [0.2, 0.25) is 0 Å². The van der Waals surface area contributed by atoms with Crippen LogP contribution in [0.2, 0.25) is 0 Å². The standard InChI is InChI=1S/C17H32N2O/c1-14(13-19-8-10-20-11-9-19)18-17-7-6-15-4-2-3-5-16(15)12-17/h14-18H,2-13H2,1H3. The predicted molar refractivity (Wildman–Crippen MR) is 82.9 cm³/mol. The van der Waals surface area contributed by atoms with Gasteiger partial charge in [-0.1, -0.05) is 25.7 Å². The van der Waals surface area contributed by atoms with E-state index in [4.69, 9.17) is 4.74 Å². The average molecular weight is 280 g/mol. The summed E-state index contributed by atoms with van der Waals surface area (Å²) in [6.07, 6.45) is 10.3. The molecule has 3 aliphatic rings. The van der Waals surface area contributed by atoms with Crippen LogP contribution in [0, 0.1) is 11.8 Å². The first-order chi connectivity index (χ1) is 9.81. The second kappa shape index (κ2) is 7.24. The van der Waals surface area contributed by atoms with Crippen LogP contribution in [0.25, 0.3) is 0 Å². The minimum atomic E-state index is 0.623. The quantitative estimate of drug-likeness (QED) is 0.857. The molecule has 2 saturated carbocycles. The van der Waals surface area contributed by atoms with Crippen molar-refractivity contribution in [3.8, 4) is 0 Å². The van der Waals surface area contributed by atoms with Gasteiger partial charge in [0.05, 0.1) is 13.2 Å². The van der Waals surface area contributed by atoms with Gasteiger partial charge < -0.3 is 10.1 Å². The van der Waals surface area contributed by atoms with E-state index in [0.29, 0.717) is 6.04 Å². The molecule has 1 N–H and O–H groups in total. The maximum Gasteiger partial charge on any atom is 0.0594 e. The first-order valence-corrected chi connectivity index (χ1v) is 8.87. The Labute approximate surface area is 124 Å². The van der Waals surface area contributed by atoms with E-state index in [9.17, 15) is 0 Å². The second-order valence-electron chi connectivity index (χ2n) is 7.30. The first-order valence-electron chi connectivity index (χ1n) is 8.87. The van der Waals surface area contributed by atoms with E-state index in [2.05, 4.69) is 17.1 Å². The highest BCUT2D eigenvalue weighted by atomic mass is 16.5. The molecule has 1 heterocycles. The number of hydrogen-bond acceptors (Lipinski definition) is 3. The van der Waals surface area contributed by atoms with Crippen LogP contribution in [0.5, 0.6) is 0 Å². The number of nitrogens with zero attached hydrogens (tertiary/aromatic N) is 1. The lowest BCUT2D eigenvalue weighted by molar-refractivity contribution is 0.0327. The number of hydrogen-bond donors (Lipinski definition) is 1. The molecule has 2 aliphatic carbocycles. The van der Waals surface area contributed by atoms with Gasteiger partial charge in [0.1, 0.15) is 0 Å². The second-order valence-corrected chi connectivity index (χ2v) is 7.30. The third-order valence-electron chi connectivity index (χ3n) is 5.70. The molecule has 1 aliphatic heterocycles. The Kier molecular flexibility index (Phi) is 5.36. The molecule has 3 heteroatoms. The minimum absolute atomic E-state index is 0.623. The molecule has 0 amide bonds. The number of ether oxygens (including phenoxy) is 1. The normalized spacial score (nSPS) is 37.4. The van der Waals surface area contributed by atoms with E-state index >= 15 is 0 Å². The van der Waals surface area contributed by atoms with E-state index in [-0.39, 0.29) is 0 Å². The van der Waals surface area contributed by atoms with Crippen molar-refractivity contribution in [3.05, 3.63) is 0 Å². The summed E-state index contributed by atoms with van der Waals surface area (Å²) in [5.74, 6) is 2.10. The van der Waals surface area contributed by atoms with Gasteiger partial charge in [-0.25, -0.2) is 0 Å². The Morgan fingerprint density at radius 2 is 1.80 bits per heavy atom. The molecule has 0 aromatic carbocycles. The monoisotopic (exact) mass is 280 g/mol. The maximum atomic E-state index is 5.43. The van der Waals surface area contributed by atoms with Crippen molar-refractivity contribution < 1.29 is 4.74 Å². The SMILES string of the molecule is CC(CN1CCOCC1)NC1CCC2CCCCC2C1. The maximum absolute atomic E-state index is 5.43. The van der Waals surface area contributed by atoms with Crippen molar-refractivity contribution >= 4 is 0 Å². The molecule has 116 valence electrons. The van der Waals surface area contributed by atoms with Gasteiger partial charge in [0.15, 0.2) is 0 Å². The highest BCUT2D eigenvalue weighted by molar-refractivity contribution is 4.87. The zero-order valence-corrected chi connectivity index (χ0v) is 13.2. The third kappa shape index (κ3) is 3.96. The Morgan fingerprint density at radius 1 is 1.05 bits per heavy atom. The molecule has 4 unspecified atom stereocenters. The van der Waals surface area contributed by atoms with Crippen LogP contribution in [0.15, 0.2) is 0 Å². The molecule has 0 spiro atoms. The zero-order valence-electron chi connectivity index (χ0n) is 13.2. The van der Waals surface area contributed by atoms with E-state index in [0.717, 1.165) is 44.2 Å². The number of rotatable bonds is 4. The topological polar surface area (TPSA) is 24.5 Å². The molecule has 3 nitrogen and oxygen atoms in total. The van der Waals surface area contributed by atoms with Gasteiger partial charge in [-0.3, -0.25) is 4.90 Å². The van der Waals surface area contributed by atoms with Crippen molar-refractivity contribution in [3.63, 3.8) is 0 Å². The van der Waals surface area contributed by atoms with Crippen molar-refractivity contribution in [2.45, 2.75) is 64.0 Å². The molecule has 20 heavy (non-hydrogen) atoms. The van der Waals surface area contributed by atoms with Gasteiger partial charge in [-0.15, -0.1) is 0 Å². The summed E-state index contributed by atoms with van der Waals surface area (Å²) in [6, 6.07) is 1.41. The van der Waals surface area contributed by atoms with E-state index < -0.39 is 0 Å². The van der Waals surface area contributed by atoms with E-state index in [1.165, 1.54) is 51.5 Å². The van der Waals surface area contributed by atoms with Crippen molar-refractivity contribution in [1.82, 2.24) is 10.2 Å². The largest absolute Gasteiger partial charge is 0.379 e. The molecular formula is C17H32N2O. The van der Waals surface area contributed by atoms with Crippen LogP contribution in [0.4, 0.5) is 0 Å². The highest BCUT2D eigenvalue weighted by Crippen LogP contribution is 2.40. The summed E-state index contributed by atoms with van der Waals surface area (Å²) in [7, 11) is 0. The zero-order chi connectivity index (χ0) is 13.8. The van der Waals surface area contributed by atoms with Crippen molar-refractivity contribution in [2.75, 3.05) is 32.8 Å². The van der Waals surface area contributed by atoms with Crippen molar-refractivity contribution in [1.29, 1.82) is 0 Å². The van der Waals surface area contributed by atoms with Crippen LogP contribution < -0.4 is 5.32 Å². The molecule has 0 bridgehead atoms. The van der Waals surface area contributed by atoms with Crippen LogP contribution in [0.1, 0.15) is 51.9 Å². The Balaban J connectivity index is 1.40. The summed E-state index contributed by atoms with van der Waals surface area (Å²) in [6.45, 7) is 7.61. The molecule has 4 atom stereocenters. The smallest absolute Gasteiger partial charge is 0.0594 e. The summed E-state index contributed by atoms with van der Waals surface area (Å²) >= 11 is 0. The lowest BCUT2D eigenvalue weighted by Gasteiger charge is -2.41. The first kappa shape index (κ1) is 14.8. The number of nitrogens with one attached hydrogen (secondary N) is 1. The van der Waals surface area contributed by atoms with E-state index in [1.54, 1.807) is 0 Å². The fourth-order valence-corrected chi connectivity index (χ4v) is 4.65. The van der Waals surface area contributed by atoms with Crippen molar-refractivity contribution in [2.24, 2.45) is 11.8 Å². The molecule has 0 aromatic rings. The summed E-state index contributed by atoms with van der Waals surface area (Å²) < 4.78 is 5.43. The Morgan fingerprint density at radius 3 is 2.60 bits per heavy atom. The fraction of sp³-hybridized carbons (Fsp3) is 1.00. The predicted octanol–water partition coefficient (Wildman–Crippen LogP) is 2.66. The lowest BCUT2D eigenvalue weighted by atomic mass is 9.69. The van der Waals surface area contributed by atoms with Gasteiger partial charge in [0, 0.05) is 31.7 Å². The summed E-state index contributed by atoms with van der Waals surface area (Å²) in [5, 5.41) is 3.92. The lowest BCUT2D eigenvalue weighted by Crippen LogP contribution is -2.49. The van der Waals surface area contributed by atoms with Crippen LogP contribution >= 0.6 is 0 Å². The minimum Gasteiger partial charge on any atom is -0.379 e. The van der Waals surface area contributed by atoms with E-state index in [1.807, 2.05) is 0 Å². The fourth-order valence-electron chi connectivity index (χ4n) is 4.65. The summed E-state index contributed by atoms with van der Waals surface area (Å²) in [5.41, 5.74) is 0. The summed E-state index contributed by atoms with van der Waals surface area (Å²) in [4.78, 5) is 2.55. The molecule has 3 rings (SSSR count). The number of fused-ring (bicyclic) bond motifs is 1. The van der Waals surface area contributed by atoms with Crippen LogP contribution in [0.3, 0.4) is 0 Å². The van der Waals surface area contributed by atoms with Crippen LogP contribution in [-0.4, -0.2) is 49.8 Å². The highest BCUT2D eigenvalue weighted by Gasteiger charge is 2.32. The van der Waals surface area contributed by atoms with Gasteiger partial charge in [0.25, 0.3) is 0 Å². The Hall–Kier alpha value is -0.120. The Bertz CT molecular complexity index is 291. The molecule has 0 radical (unpaired) electrons. The molecule has 1 saturated heterocycles. The van der Waals surface area contributed by atoms with Gasteiger partial charge in [-0.05, 0) is 38.0 Å². The molecular weight excluding hydrogens is 248 g/mol. The average Bonchev–Trinajstić information content (AvgIpc) is 2.48. The van der Waals surface area contributed by atoms with Crippen LogP contribution in [-0.2, 0) is 4.74 Å².